The summed E-state index contributed by atoms with van der Waals surface area (Å²) in [7, 11) is -1.60. The molecule has 0 saturated heterocycles. The number of ether oxygens (including phenoxy) is 1. The predicted octanol–water partition coefficient (Wildman–Crippen LogP) is 4.97. The van der Waals surface area contributed by atoms with Gasteiger partial charge in [-0.25, -0.2) is 0 Å². The first-order chi connectivity index (χ1) is 10.4. The highest BCUT2D eigenvalue weighted by atomic mass is 28.3. The Morgan fingerprint density at radius 3 is 2.55 bits per heavy atom. The van der Waals surface area contributed by atoms with Crippen LogP contribution in [0.15, 0.2) is 66.5 Å². The molecule has 0 heterocycles. The van der Waals surface area contributed by atoms with Crippen molar-refractivity contribution in [1.29, 1.82) is 0 Å². The van der Waals surface area contributed by atoms with E-state index in [9.17, 15) is 4.79 Å². The van der Waals surface area contributed by atoms with Gasteiger partial charge in [0, 0.05) is 12.5 Å². The van der Waals surface area contributed by atoms with E-state index in [-0.39, 0.29) is 12.1 Å². The van der Waals surface area contributed by atoms with Gasteiger partial charge in [-0.3, -0.25) is 4.79 Å². The summed E-state index contributed by atoms with van der Waals surface area (Å²) >= 11 is 0. The molecule has 3 heteroatoms. The van der Waals surface area contributed by atoms with Crippen molar-refractivity contribution in [2.45, 2.75) is 26.1 Å². The molecule has 0 spiro atoms. The average Bonchev–Trinajstić information content (AvgIpc) is 2.50. The summed E-state index contributed by atoms with van der Waals surface area (Å²) in [6, 6.07) is 14.2. The molecule has 2 aromatic rings. The van der Waals surface area contributed by atoms with Gasteiger partial charge in [0.05, 0.1) is 8.07 Å². The van der Waals surface area contributed by atoms with E-state index in [2.05, 4.69) is 43.6 Å². The summed E-state index contributed by atoms with van der Waals surface area (Å²) in [5, 5.41) is 2.25. The zero-order valence-corrected chi connectivity index (χ0v) is 14.4. The molecule has 2 nitrogen and oxygen atoms in total. The number of fused-ring (bicyclic) bond motifs is 1. The molecule has 0 saturated carbocycles. The fourth-order valence-corrected chi connectivity index (χ4v) is 3.09. The van der Waals surface area contributed by atoms with E-state index in [0.717, 1.165) is 16.3 Å². The van der Waals surface area contributed by atoms with E-state index < -0.39 is 8.07 Å². The summed E-state index contributed by atoms with van der Waals surface area (Å²) in [4.78, 5) is 11.5. The van der Waals surface area contributed by atoms with Crippen molar-refractivity contribution in [1.82, 2.24) is 0 Å². The molecular formula is C19H22O2Si. The van der Waals surface area contributed by atoms with Crippen molar-refractivity contribution in [2.75, 3.05) is 0 Å². The highest BCUT2D eigenvalue weighted by Crippen LogP contribution is 2.28. The normalized spacial score (nSPS) is 13.2. The Hall–Kier alpha value is -2.13. The van der Waals surface area contributed by atoms with Crippen LogP contribution in [0.3, 0.4) is 0 Å². The number of rotatable bonds is 5. The van der Waals surface area contributed by atoms with E-state index in [1.54, 1.807) is 0 Å². The van der Waals surface area contributed by atoms with Crippen LogP contribution in [0.1, 0.15) is 18.6 Å². The molecule has 1 atom stereocenters. The summed E-state index contributed by atoms with van der Waals surface area (Å²) in [5.74, 6) is -0.277. The molecule has 0 aliphatic carbocycles. The zero-order valence-electron chi connectivity index (χ0n) is 13.4. The topological polar surface area (TPSA) is 26.3 Å². The molecule has 0 aliphatic heterocycles. The van der Waals surface area contributed by atoms with Crippen LogP contribution in [0.25, 0.3) is 10.8 Å². The second-order valence-electron chi connectivity index (χ2n) is 5.98. The van der Waals surface area contributed by atoms with Crippen LogP contribution in [-0.4, -0.2) is 14.0 Å². The molecule has 0 aliphatic rings. The lowest BCUT2D eigenvalue weighted by Gasteiger charge is -2.18. The van der Waals surface area contributed by atoms with Crippen LogP contribution in [0.4, 0.5) is 0 Å². The Balaban J connectivity index is 2.48. The van der Waals surface area contributed by atoms with Crippen LogP contribution < -0.4 is 0 Å². The summed E-state index contributed by atoms with van der Waals surface area (Å²) < 4.78 is 5.55. The maximum atomic E-state index is 11.5. The van der Waals surface area contributed by atoms with Crippen molar-refractivity contribution < 1.29 is 9.53 Å². The van der Waals surface area contributed by atoms with Crippen molar-refractivity contribution in [3.63, 3.8) is 0 Å². The first-order valence-corrected chi connectivity index (χ1v) is 10.6. The molecule has 2 aromatic carbocycles. The van der Waals surface area contributed by atoms with Crippen molar-refractivity contribution >= 4 is 24.8 Å². The summed E-state index contributed by atoms with van der Waals surface area (Å²) in [5.41, 5.74) is 5.19. The smallest absolute Gasteiger partial charge is 0.303 e. The Morgan fingerprint density at radius 1 is 1.18 bits per heavy atom. The van der Waals surface area contributed by atoms with Crippen molar-refractivity contribution in [3.05, 3.63) is 72.1 Å². The predicted molar refractivity (Wildman–Crippen MR) is 95.3 cm³/mol. The second-order valence-corrected chi connectivity index (χ2v) is 10.4. The summed E-state index contributed by atoms with van der Waals surface area (Å²) in [6.07, 6.45) is 1.63. The first-order valence-electron chi connectivity index (χ1n) is 7.41. The molecule has 0 N–H and O–H groups in total. The molecule has 0 amide bonds. The number of carbonyl (C=O) groups is 1. The number of carbonyl (C=O) groups excluding carboxylic acids is 1. The average molecular weight is 310 g/mol. The molecule has 0 bridgehead atoms. The van der Waals surface area contributed by atoms with Gasteiger partial charge in [-0.1, -0.05) is 67.0 Å². The minimum atomic E-state index is -1.60. The number of esters is 1. The van der Waals surface area contributed by atoms with Crippen LogP contribution in [-0.2, 0) is 9.53 Å². The highest BCUT2D eigenvalue weighted by molar-refractivity contribution is 6.86. The Labute approximate surface area is 133 Å². The zero-order chi connectivity index (χ0) is 16.2. The lowest BCUT2D eigenvalue weighted by atomic mass is 10.0. The maximum Gasteiger partial charge on any atom is 0.303 e. The van der Waals surface area contributed by atoms with Gasteiger partial charge in [0.1, 0.15) is 6.10 Å². The SMILES string of the molecule is C=C[Si](C)(C)/C=C/C(OC(C)=O)c1cccc2ccccc12. The number of benzene rings is 2. The quantitative estimate of drug-likeness (QED) is 0.575. The number of hydrogen-bond acceptors (Lipinski definition) is 2. The molecule has 1 unspecified atom stereocenters. The van der Waals surface area contributed by atoms with Crippen LogP contribution >= 0.6 is 0 Å². The van der Waals surface area contributed by atoms with Crippen LogP contribution in [0.5, 0.6) is 0 Å². The van der Waals surface area contributed by atoms with Crippen LogP contribution in [0.2, 0.25) is 13.1 Å². The minimum absolute atomic E-state index is 0.277. The molecule has 0 radical (unpaired) electrons. The van der Waals surface area contributed by atoms with Gasteiger partial charge in [-0.05, 0) is 16.8 Å². The third-order valence-electron chi connectivity index (χ3n) is 3.65. The van der Waals surface area contributed by atoms with Gasteiger partial charge in [-0.15, -0.1) is 6.58 Å². The minimum Gasteiger partial charge on any atom is -0.453 e. The Bertz CT molecular complexity index is 711. The van der Waals surface area contributed by atoms with E-state index in [4.69, 9.17) is 4.74 Å². The fourth-order valence-electron chi connectivity index (χ4n) is 2.29. The van der Waals surface area contributed by atoms with Gasteiger partial charge in [0.15, 0.2) is 0 Å². The van der Waals surface area contributed by atoms with Crippen molar-refractivity contribution in [2.24, 2.45) is 0 Å². The molecule has 0 aromatic heterocycles. The van der Waals surface area contributed by atoms with E-state index >= 15 is 0 Å². The Kier molecular flexibility index (Phi) is 4.98. The third kappa shape index (κ3) is 3.95. The van der Waals surface area contributed by atoms with Gasteiger partial charge in [-0.2, -0.15) is 0 Å². The largest absolute Gasteiger partial charge is 0.453 e. The van der Waals surface area contributed by atoms with Gasteiger partial charge < -0.3 is 4.74 Å². The van der Waals surface area contributed by atoms with E-state index in [1.807, 2.05) is 36.0 Å². The molecular weight excluding hydrogens is 288 g/mol. The van der Waals surface area contributed by atoms with E-state index in [0.29, 0.717) is 0 Å². The van der Waals surface area contributed by atoms with Crippen LogP contribution in [0, 0.1) is 0 Å². The second kappa shape index (κ2) is 6.75. The van der Waals surface area contributed by atoms with Gasteiger partial charge in [0.2, 0.25) is 0 Å². The van der Waals surface area contributed by atoms with Crippen molar-refractivity contribution in [3.8, 4) is 0 Å². The maximum absolute atomic E-state index is 11.5. The fraction of sp³-hybridized carbons (Fsp3) is 0.211. The highest BCUT2D eigenvalue weighted by Gasteiger charge is 2.17. The monoisotopic (exact) mass is 310 g/mol. The molecule has 0 fully saturated rings. The van der Waals surface area contributed by atoms with Gasteiger partial charge in [0.25, 0.3) is 0 Å². The standard InChI is InChI=1S/C19H22O2Si/c1-5-22(3,4)14-13-19(21-15(2)20)18-12-8-10-16-9-6-7-11-17(16)18/h5-14,19H,1H2,2-4H3/b14-13+. The molecule has 22 heavy (non-hydrogen) atoms. The lowest BCUT2D eigenvalue weighted by molar-refractivity contribution is -0.144. The first kappa shape index (κ1) is 16.2. The third-order valence-corrected chi connectivity index (χ3v) is 5.75. The molecule has 114 valence electrons. The number of hydrogen-bond donors (Lipinski definition) is 0. The lowest BCUT2D eigenvalue weighted by Crippen LogP contribution is -2.19. The van der Waals surface area contributed by atoms with E-state index in [1.165, 1.54) is 6.92 Å². The molecule has 2 rings (SSSR count). The summed E-state index contributed by atoms with van der Waals surface area (Å²) in [6.45, 7) is 9.74. The Morgan fingerprint density at radius 2 is 1.86 bits per heavy atom. The van der Waals surface area contributed by atoms with Gasteiger partial charge >= 0.3 is 5.97 Å².